The van der Waals surface area contributed by atoms with Crippen molar-refractivity contribution in [3.63, 3.8) is 0 Å². The van der Waals surface area contributed by atoms with E-state index in [1.165, 1.54) is 71.2 Å². The third-order valence-corrected chi connectivity index (χ3v) is 5.74. The molecule has 1 atom stereocenters. The number of nitrogens with zero attached hydrogens (tertiary/aromatic N) is 3. The van der Waals surface area contributed by atoms with Gasteiger partial charge in [-0.05, 0) is 97.2 Å². The van der Waals surface area contributed by atoms with E-state index in [9.17, 15) is 5.11 Å². The summed E-state index contributed by atoms with van der Waals surface area (Å²) in [5, 5.41) is 10.4. The van der Waals surface area contributed by atoms with E-state index in [0.717, 1.165) is 24.9 Å². The summed E-state index contributed by atoms with van der Waals surface area (Å²) in [5.41, 5.74) is 0. The first-order valence-electron chi connectivity index (χ1n) is 9.80. The Morgan fingerprint density at radius 3 is 2.00 bits per heavy atom. The number of β-amino-alcohol motifs (C(OH)–C–C–N with tert-alkyl or cyclic N) is 1. The maximum atomic E-state index is 10.4. The van der Waals surface area contributed by atoms with Gasteiger partial charge >= 0.3 is 0 Å². The third-order valence-electron chi connectivity index (χ3n) is 5.74. The Bertz CT molecular complexity index is 308. The topological polar surface area (TPSA) is 30.0 Å². The average molecular weight is 326 g/mol. The molecule has 2 heterocycles. The molecule has 4 heteroatoms. The summed E-state index contributed by atoms with van der Waals surface area (Å²) >= 11 is 0. The predicted molar refractivity (Wildman–Crippen MR) is 97.8 cm³/mol. The lowest BCUT2D eigenvalue weighted by atomic mass is 9.92. The molecule has 2 rings (SSSR count). The van der Waals surface area contributed by atoms with E-state index in [-0.39, 0.29) is 6.10 Å². The number of aliphatic hydroxyl groups is 1. The van der Waals surface area contributed by atoms with Crippen LogP contribution < -0.4 is 0 Å². The summed E-state index contributed by atoms with van der Waals surface area (Å²) < 4.78 is 0. The summed E-state index contributed by atoms with van der Waals surface area (Å²) in [6, 6.07) is 0. The van der Waals surface area contributed by atoms with Crippen molar-refractivity contribution in [1.82, 2.24) is 14.7 Å². The highest BCUT2D eigenvalue weighted by Gasteiger charge is 2.23. The van der Waals surface area contributed by atoms with E-state index in [2.05, 4.69) is 35.7 Å². The summed E-state index contributed by atoms with van der Waals surface area (Å²) in [5.74, 6) is 1.78. The Morgan fingerprint density at radius 2 is 1.48 bits per heavy atom. The molecule has 0 bridgehead atoms. The molecule has 23 heavy (non-hydrogen) atoms. The van der Waals surface area contributed by atoms with Gasteiger partial charge in [0.15, 0.2) is 0 Å². The number of piperidine rings is 2. The standard InChI is InChI=1S/C19H39N3O/c1-17-6-11-21(12-7-17)15-19(23)16-22-13-8-18(9-14-22)5-4-10-20(2)3/h17-19,23H,4-16H2,1-3H3. The zero-order valence-corrected chi connectivity index (χ0v) is 15.7. The smallest absolute Gasteiger partial charge is 0.0793 e. The lowest BCUT2D eigenvalue weighted by Gasteiger charge is -2.36. The van der Waals surface area contributed by atoms with Crippen LogP contribution in [0.1, 0.15) is 45.4 Å². The second-order valence-electron chi connectivity index (χ2n) is 8.33. The molecule has 2 fully saturated rings. The van der Waals surface area contributed by atoms with Gasteiger partial charge < -0.3 is 19.8 Å². The zero-order chi connectivity index (χ0) is 16.7. The highest BCUT2D eigenvalue weighted by molar-refractivity contribution is 4.77. The van der Waals surface area contributed by atoms with Crippen LogP contribution in [-0.2, 0) is 0 Å². The van der Waals surface area contributed by atoms with Gasteiger partial charge in [-0.15, -0.1) is 0 Å². The van der Waals surface area contributed by atoms with Crippen molar-refractivity contribution >= 4 is 0 Å². The lowest BCUT2D eigenvalue weighted by Crippen LogP contribution is -2.45. The maximum Gasteiger partial charge on any atom is 0.0793 e. The van der Waals surface area contributed by atoms with Crippen LogP contribution in [0.2, 0.25) is 0 Å². The molecule has 0 aliphatic carbocycles. The monoisotopic (exact) mass is 325 g/mol. The Balaban J connectivity index is 1.56. The van der Waals surface area contributed by atoms with Gasteiger partial charge in [0.25, 0.3) is 0 Å². The first kappa shape index (κ1) is 19.2. The molecule has 0 aromatic carbocycles. The second-order valence-corrected chi connectivity index (χ2v) is 8.33. The maximum absolute atomic E-state index is 10.4. The lowest BCUT2D eigenvalue weighted by molar-refractivity contribution is 0.0496. The molecule has 0 saturated carbocycles. The summed E-state index contributed by atoms with van der Waals surface area (Å²) in [4.78, 5) is 7.23. The molecule has 4 nitrogen and oxygen atoms in total. The fourth-order valence-electron chi connectivity index (χ4n) is 4.05. The van der Waals surface area contributed by atoms with E-state index < -0.39 is 0 Å². The fourth-order valence-corrected chi connectivity index (χ4v) is 4.05. The van der Waals surface area contributed by atoms with Gasteiger partial charge in [0.05, 0.1) is 6.10 Å². The fraction of sp³-hybridized carbons (Fsp3) is 1.00. The molecule has 1 unspecified atom stereocenters. The summed E-state index contributed by atoms with van der Waals surface area (Å²) in [7, 11) is 4.32. The van der Waals surface area contributed by atoms with Crippen LogP contribution in [0.25, 0.3) is 0 Å². The molecule has 0 spiro atoms. The minimum atomic E-state index is -0.173. The first-order valence-corrected chi connectivity index (χ1v) is 9.80. The van der Waals surface area contributed by atoms with Gasteiger partial charge in [0.1, 0.15) is 0 Å². The van der Waals surface area contributed by atoms with Gasteiger partial charge in [-0.1, -0.05) is 6.92 Å². The molecule has 2 saturated heterocycles. The van der Waals surface area contributed by atoms with Gasteiger partial charge in [-0.3, -0.25) is 0 Å². The highest BCUT2D eigenvalue weighted by atomic mass is 16.3. The van der Waals surface area contributed by atoms with Crippen molar-refractivity contribution in [1.29, 1.82) is 0 Å². The zero-order valence-electron chi connectivity index (χ0n) is 15.7. The summed E-state index contributed by atoms with van der Waals surface area (Å²) in [6.07, 6.45) is 7.77. The molecule has 136 valence electrons. The Kier molecular flexibility index (Phi) is 8.31. The molecule has 2 aliphatic rings. The molecule has 0 amide bonds. The van der Waals surface area contributed by atoms with Crippen LogP contribution in [-0.4, -0.2) is 85.8 Å². The van der Waals surface area contributed by atoms with Crippen molar-refractivity contribution in [3.8, 4) is 0 Å². The first-order chi connectivity index (χ1) is 11.0. The van der Waals surface area contributed by atoms with E-state index in [1.54, 1.807) is 0 Å². The Morgan fingerprint density at radius 1 is 0.957 bits per heavy atom. The molecular formula is C19H39N3O. The van der Waals surface area contributed by atoms with Crippen LogP contribution in [0, 0.1) is 11.8 Å². The largest absolute Gasteiger partial charge is 0.390 e. The molecule has 2 aliphatic heterocycles. The molecule has 1 N–H and O–H groups in total. The van der Waals surface area contributed by atoms with Crippen LogP contribution >= 0.6 is 0 Å². The van der Waals surface area contributed by atoms with Gasteiger partial charge in [-0.25, -0.2) is 0 Å². The molecule has 0 aromatic rings. The van der Waals surface area contributed by atoms with Crippen molar-refractivity contribution < 1.29 is 5.11 Å². The van der Waals surface area contributed by atoms with E-state index in [0.29, 0.717) is 0 Å². The van der Waals surface area contributed by atoms with Crippen molar-refractivity contribution in [2.75, 3.05) is 59.9 Å². The predicted octanol–water partition coefficient (Wildman–Crippen LogP) is 2.13. The molecule has 0 radical (unpaired) electrons. The second kappa shape index (κ2) is 9.97. The van der Waals surface area contributed by atoms with E-state index in [1.807, 2.05) is 0 Å². The van der Waals surface area contributed by atoms with E-state index >= 15 is 0 Å². The van der Waals surface area contributed by atoms with Gasteiger partial charge in [0.2, 0.25) is 0 Å². The number of hydrogen-bond acceptors (Lipinski definition) is 4. The Labute approximate surface area is 143 Å². The van der Waals surface area contributed by atoms with Crippen LogP contribution in [0.4, 0.5) is 0 Å². The molecular weight excluding hydrogens is 286 g/mol. The SMILES string of the molecule is CC1CCN(CC(O)CN2CCC(CCCN(C)C)CC2)CC1. The minimum absolute atomic E-state index is 0.173. The van der Waals surface area contributed by atoms with Crippen LogP contribution in [0.15, 0.2) is 0 Å². The van der Waals surface area contributed by atoms with Crippen LogP contribution in [0.3, 0.4) is 0 Å². The quantitative estimate of drug-likeness (QED) is 0.740. The molecule has 0 aromatic heterocycles. The summed E-state index contributed by atoms with van der Waals surface area (Å²) in [6.45, 7) is 10.0. The normalized spacial score (nSPS) is 24.4. The number of hydrogen-bond donors (Lipinski definition) is 1. The number of likely N-dealkylation sites (tertiary alicyclic amines) is 2. The highest BCUT2D eigenvalue weighted by Crippen LogP contribution is 2.22. The third kappa shape index (κ3) is 7.51. The van der Waals surface area contributed by atoms with Crippen molar-refractivity contribution in [3.05, 3.63) is 0 Å². The average Bonchev–Trinajstić information content (AvgIpc) is 2.51. The Hall–Kier alpha value is -0.160. The van der Waals surface area contributed by atoms with Crippen molar-refractivity contribution in [2.24, 2.45) is 11.8 Å². The number of rotatable bonds is 8. The van der Waals surface area contributed by atoms with Gasteiger partial charge in [-0.2, -0.15) is 0 Å². The van der Waals surface area contributed by atoms with E-state index in [4.69, 9.17) is 0 Å². The number of aliphatic hydroxyl groups excluding tert-OH is 1. The van der Waals surface area contributed by atoms with Crippen LogP contribution in [0.5, 0.6) is 0 Å². The minimum Gasteiger partial charge on any atom is -0.390 e. The van der Waals surface area contributed by atoms with Gasteiger partial charge in [0, 0.05) is 13.1 Å². The van der Waals surface area contributed by atoms with Crippen molar-refractivity contribution in [2.45, 2.75) is 51.6 Å².